The van der Waals surface area contributed by atoms with Gasteiger partial charge in [-0.05, 0) is 42.0 Å². The van der Waals surface area contributed by atoms with E-state index in [4.69, 9.17) is 16.0 Å². The van der Waals surface area contributed by atoms with Gasteiger partial charge in [0.15, 0.2) is 0 Å². The number of halogens is 1. The Balaban J connectivity index is 1.93. The van der Waals surface area contributed by atoms with E-state index in [9.17, 15) is 9.90 Å². The molecule has 3 aromatic rings. The van der Waals surface area contributed by atoms with Crippen molar-refractivity contribution in [1.29, 1.82) is 0 Å². The van der Waals surface area contributed by atoms with E-state index in [2.05, 4.69) is 5.32 Å². The van der Waals surface area contributed by atoms with Gasteiger partial charge in [-0.1, -0.05) is 11.6 Å². The Labute approximate surface area is 125 Å². The predicted octanol–water partition coefficient (Wildman–Crippen LogP) is 3.76. The molecule has 0 fully saturated rings. The second-order valence-corrected chi connectivity index (χ2v) is 5.07. The maximum atomic E-state index is 11.6. The Bertz CT molecular complexity index is 840. The molecule has 0 atom stereocenters. The monoisotopic (exact) mass is 301 g/mol. The summed E-state index contributed by atoms with van der Waals surface area (Å²) in [7, 11) is 0. The van der Waals surface area contributed by atoms with Gasteiger partial charge in [-0.3, -0.25) is 0 Å². The average Bonchev–Trinajstić information content (AvgIpc) is 2.45. The van der Waals surface area contributed by atoms with Gasteiger partial charge in [0.25, 0.3) is 0 Å². The minimum Gasteiger partial charge on any atom is -0.508 e. The summed E-state index contributed by atoms with van der Waals surface area (Å²) in [6, 6.07) is 13.4. The lowest BCUT2D eigenvalue weighted by atomic mass is 10.1. The molecule has 0 saturated heterocycles. The molecule has 2 N–H and O–H groups in total. The van der Waals surface area contributed by atoms with Crippen LogP contribution in [0.3, 0.4) is 0 Å². The van der Waals surface area contributed by atoms with Crippen LogP contribution in [0.5, 0.6) is 5.75 Å². The molecule has 5 heteroatoms. The highest BCUT2D eigenvalue weighted by Gasteiger charge is 2.06. The normalized spacial score (nSPS) is 10.7. The highest BCUT2D eigenvalue weighted by Crippen LogP contribution is 2.22. The molecule has 0 aliphatic heterocycles. The molecule has 3 rings (SSSR count). The van der Waals surface area contributed by atoms with Crippen molar-refractivity contribution >= 4 is 28.3 Å². The molecule has 0 aliphatic carbocycles. The van der Waals surface area contributed by atoms with Gasteiger partial charge in [0, 0.05) is 34.8 Å². The Hall–Kier alpha value is -2.46. The zero-order chi connectivity index (χ0) is 14.8. The van der Waals surface area contributed by atoms with Crippen molar-refractivity contribution in [3.63, 3.8) is 0 Å². The molecule has 1 heterocycles. The number of benzene rings is 2. The smallest absolute Gasteiger partial charge is 0.336 e. The molecular formula is C16H12ClNO3. The van der Waals surface area contributed by atoms with E-state index in [1.54, 1.807) is 36.4 Å². The van der Waals surface area contributed by atoms with Crippen LogP contribution in [0.25, 0.3) is 11.0 Å². The van der Waals surface area contributed by atoms with Crippen LogP contribution in [-0.4, -0.2) is 5.11 Å². The fourth-order valence-corrected chi connectivity index (χ4v) is 2.29. The number of fused-ring (bicyclic) bond motifs is 1. The van der Waals surface area contributed by atoms with Crippen LogP contribution in [0.2, 0.25) is 5.02 Å². The number of rotatable bonds is 3. The molecule has 106 valence electrons. The topological polar surface area (TPSA) is 62.5 Å². The Morgan fingerprint density at radius 2 is 1.86 bits per heavy atom. The number of anilines is 1. The Morgan fingerprint density at radius 3 is 2.62 bits per heavy atom. The fraction of sp³-hybridized carbons (Fsp3) is 0.0625. The molecule has 0 unspecified atom stereocenters. The summed E-state index contributed by atoms with van der Waals surface area (Å²) in [5.41, 5.74) is 1.74. The number of hydrogen-bond donors (Lipinski definition) is 2. The third-order valence-corrected chi connectivity index (χ3v) is 3.38. The predicted molar refractivity (Wildman–Crippen MR) is 82.9 cm³/mol. The van der Waals surface area contributed by atoms with Gasteiger partial charge in [0.1, 0.15) is 11.3 Å². The van der Waals surface area contributed by atoms with Crippen molar-refractivity contribution < 1.29 is 9.52 Å². The van der Waals surface area contributed by atoms with Crippen LogP contribution >= 0.6 is 11.6 Å². The summed E-state index contributed by atoms with van der Waals surface area (Å²) in [4.78, 5) is 11.6. The molecule has 4 nitrogen and oxygen atoms in total. The van der Waals surface area contributed by atoms with Gasteiger partial charge in [-0.15, -0.1) is 0 Å². The van der Waals surface area contributed by atoms with Gasteiger partial charge >= 0.3 is 5.63 Å². The van der Waals surface area contributed by atoms with E-state index >= 15 is 0 Å². The van der Waals surface area contributed by atoms with Crippen LogP contribution in [-0.2, 0) is 6.54 Å². The fourth-order valence-electron chi connectivity index (χ4n) is 2.13. The number of hydrogen-bond acceptors (Lipinski definition) is 4. The number of aromatic hydroxyl groups is 1. The highest BCUT2D eigenvalue weighted by atomic mass is 35.5. The SMILES string of the molecule is O=c1cc(CNc2ccc(O)cc2)c2ccc(Cl)cc2o1. The Kier molecular flexibility index (Phi) is 3.54. The zero-order valence-electron chi connectivity index (χ0n) is 11.0. The maximum absolute atomic E-state index is 11.6. The van der Waals surface area contributed by atoms with E-state index in [1.807, 2.05) is 6.07 Å². The van der Waals surface area contributed by atoms with Gasteiger partial charge in [0.05, 0.1) is 0 Å². The minimum absolute atomic E-state index is 0.209. The van der Waals surface area contributed by atoms with E-state index in [0.717, 1.165) is 16.6 Å². The molecule has 2 aromatic carbocycles. The summed E-state index contributed by atoms with van der Waals surface area (Å²) < 4.78 is 5.15. The molecule has 0 aliphatic rings. The van der Waals surface area contributed by atoms with E-state index < -0.39 is 5.63 Å². The van der Waals surface area contributed by atoms with Crippen molar-refractivity contribution in [2.75, 3.05) is 5.32 Å². The van der Waals surface area contributed by atoms with E-state index in [0.29, 0.717) is 17.2 Å². The molecule has 0 amide bonds. The minimum atomic E-state index is -0.410. The molecule has 0 saturated carbocycles. The van der Waals surface area contributed by atoms with Crippen LogP contribution < -0.4 is 10.9 Å². The maximum Gasteiger partial charge on any atom is 0.336 e. The second-order valence-electron chi connectivity index (χ2n) is 4.63. The Morgan fingerprint density at radius 1 is 1.10 bits per heavy atom. The van der Waals surface area contributed by atoms with Crippen LogP contribution in [0, 0.1) is 0 Å². The van der Waals surface area contributed by atoms with E-state index in [-0.39, 0.29) is 5.75 Å². The van der Waals surface area contributed by atoms with Crippen molar-refractivity contribution in [2.45, 2.75) is 6.54 Å². The third kappa shape index (κ3) is 3.01. The number of phenolic OH excluding ortho intramolecular Hbond substituents is 1. The number of nitrogens with one attached hydrogen (secondary N) is 1. The van der Waals surface area contributed by atoms with Crippen LogP contribution in [0.4, 0.5) is 5.69 Å². The van der Waals surface area contributed by atoms with Crippen molar-refractivity contribution in [2.24, 2.45) is 0 Å². The molecule has 0 bridgehead atoms. The molecule has 0 spiro atoms. The van der Waals surface area contributed by atoms with Crippen LogP contribution in [0.1, 0.15) is 5.56 Å². The quantitative estimate of drug-likeness (QED) is 0.571. The van der Waals surface area contributed by atoms with Crippen molar-refractivity contribution in [3.8, 4) is 5.75 Å². The van der Waals surface area contributed by atoms with Gasteiger partial charge in [-0.25, -0.2) is 4.79 Å². The summed E-state index contributed by atoms with van der Waals surface area (Å²) in [5.74, 6) is 0.209. The molecule has 21 heavy (non-hydrogen) atoms. The second kappa shape index (κ2) is 5.50. The number of phenols is 1. The first kappa shape index (κ1) is 13.5. The average molecular weight is 302 g/mol. The highest BCUT2D eigenvalue weighted by molar-refractivity contribution is 6.31. The lowest BCUT2D eigenvalue weighted by Crippen LogP contribution is -2.05. The summed E-state index contributed by atoms with van der Waals surface area (Å²) in [6.07, 6.45) is 0. The lowest BCUT2D eigenvalue weighted by Gasteiger charge is -2.09. The van der Waals surface area contributed by atoms with Crippen molar-refractivity contribution in [1.82, 2.24) is 0 Å². The molecule has 1 aromatic heterocycles. The summed E-state index contributed by atoms with van der Waals surface area (Å²) in [6.45, 7) is 0.467. The lowest BCUT2D eigenvalue weighted by molar-refractivity contribution is 0.475. The first-order valence-corrected chi connectivity index (χ1v) is 6.75. The van der Waals surface area contributed by atoms with Crippen LogP contribution in [0.15, 0.2) is 57.7 Å². The third-order valence-electron chi connectivity index (χ3n) is 3.14. The first-order chi connectivity index (χ1) is 10.1. The standard InChI is InChI=1S/C16H12ClNO3/c17-11-1-6-14-10(7-16(20)21-15(14)8-11)9-18-12-2-4-13(19)5-3-12/h1-8,18-19H,9H2. The summed E-state index contributed by atoms with van der Waals surface area (Å²) >= 11 is 5.91. The largest absolute Gasteiger partial charge is 0.508 e. The van der Waals surface area contributed by atoms with Gasteiger partial charge in [-0.2, -0.15) is 0 Å². The molecular weight excluding hydrogens is 290 g/mol. The molecule has 0 radical (unpaired) electrons. The van der Waals surface area contributed by atoms with Gasteiger partial charge < -0.3 is 14.8 Å². The van der Waals surface area contributed by atoms with E-state index in [1.165, 1.54) is 6.07 Å². The first-order valence-electron chi connectivity index (χ1n) is 6.37. The summed E-state index contributed by atoms with van der Waals surface area (Å²) in [5, 5.41) is 13.8. The van der Waals surface area contributed by atoms with Gasteiger partial charge in [0.2, 0.25) is 0 Å². The zero-order valence-corrected chi connectivity index (χ0v) is 11.7. The van der Waals surface area contributed by atoms with Crippen molar-refractivity contribution in [3.05, 3.63) is 69.5 Å².